The van der Waals surface area contributed by atoms with Gasteiger partial charge in [-0.3, -0.25) is 9.59 Å². The maximum atomic E-state index is 11.1. The van der Waals surface area contributed by atoms with Gasteiger partial charge in [0.1, 0.15) is 12.0 Å². The van der Waals surface area contributed by atoms with Gasteiger partial charge in [0.2, 0.25) is 0 Å². The topological polar surface area (TPSA) is 63.6 Å². The van der Waals surface area contributed by atoms with Crippen LogP contribution in [0.4, 0.5) is 0 Å². The van der Waals surface area contributed by atoms with Gasteiger partial charge >= 0.3 is 11.9 Å². The fraction of sp³-hybridized carbons (Fsp3) is 0.800. The minimum atomic E-state index is -1.15. The molecule has 0 fully saturated rings. The van der Waals surface area contributed by atoms with Crippen LogP contribution >= 0.6 is 0 Å². The normalized spacial score (nSPS) is 11.1. The molecule has 14 heavy (non-hydrogen) atoms. The molecule has 0 aromatic carbocycles. The minimum absolute atomic E-state index is 0.480. The number of ether oxygens (including phenoxy) is 1. The first-order chi connectivity index (χ1) is 6.49. The first-order valence-electron chi connectivity index (χ1n) is 4.93. The zero-order valence-electron chi connectivity index (χ0n) is 9.00. The summed E-state index contributed by atoms with van der Waals surface area (Å²) in [5, 5.41) is 8.40. The number of aliphatic carboxylic acids is 1. The fourth-order valence-corrected chi connectivity index (χ4v) is 1.37. The lowest BCUT2D eigenvalue weighted by molar-refractivity contribution is -0.164. The van der Waals surface area contributed by atoms with Crippen LogP contribution in [0.5, 0.6) is 0 Å². The summed E-state index contributed by atoms with van der Waals surface area (Å²) < 4.78 is 5.18. The molecule has 4 nitrogen and oxygen atoms in total. The zero-order valence-corrected chi connectivity index (χ0v) is 9.00. The van der Waals surface area contributed by atoms with E-state index in [1.807, 2.05) is 20.8 Å². The van der Waals surface area contributed by atoms with E-state index in [4.69, 9.17) is 9.84 Å². The first kappa shape index (κ1) is 12.9. The van der Waals surface area contributed by atoms with Gasteiger partial charge < -0.3 is 9.84 Å². The molecule has 4 heteroatoms. The minimum Gasteiger partial charge on any atom is -0.481 e. The van der Waals surface area contributed by atoms with Crippen LogP contribution in [0.15, 0.2) is 0 Å². The Labute approximate surface area is 84.3 Å². The van der Waals surface area contributed by atoms with Gasteiger partial charge in [-0.1, -0.05) is 20.8 Å². The van der Waals surface area contributed by atoms with Gasteiger partial charge in [0.25, 0.3) is 0 Å². The van der Waals surface area contributed by atoms with E-state index in [-0.39, 0.29) is 0 Å². The predicted octanol–water partition coefficient (Wildman–Crippen LogP) is 1.97. The number of hydrogen-bond donors (Lipinski definition) is 1. The molecule has 1 N–H and O–H groups in total. The molecule has 0 aliphatic carbocycles. The van der Waals surface area contributed by atoms with Gasteiger partial charge in [0.05, 0.1) is 0 Å². The Morgan fingerprint density at radius 3 is 1.86 bits per heavy atom. The van der Waals surface area contributed by atoms with Crippen molar-refractivity contribution < 1.29 is 19.4 Å². The molecule has 0 aromatic heterocycles. The molecule has 0 unspecified atom stereocenters. The Bertz CT molecular complexity index is 198. The molecule has 82 valence electrons. The highest BCUT2D eigenvalue weighted by atomic mass is 16.6. The van der Waals surface area contributed by atoms with Crippen molar-refractivity contribution in [1.29, 1.82) is 0 Å². The number of hydrogen-bond acceptors (Lipinski definition) is 3. The summed E-state index contributed by atoms with van der Waals surface area (Å²) in [5.74, 6) is -1.80. The Balaban J connectivity index is 4.29. The van der Waals surface area contributed by atoms with Gasteiger partial charge in [-0.2, -0.15) is 0 Å². The number of esters is 1. The highest BCUT2D eigenvalue weighted by Crippen LogP contribution is 2.24. The second-order valence-electron chi connectivity index (χ2n) is 3.29. The molecule has 0 rings (SSSR count). The molecule has 0 saturated carbocycles. The third-order valence-corrected chi connectivity index (χ3v) is 2.56. The molecule has 0 heterocycles. The second kappa shape index (κ2) is 5.62. The van der Waals surface area contributed by atoms with Crippen LogP contribution < -0.4 is 0 Å². The van der Waals surface area contributed by atoms with Crippen LogP contribution in [-0.2, 0) is 14.3 Å². The van der Waals surface area contributed by atoms with Gasteiger partial charge in [-0.25, -0.2) is 0 Å². The van der Waals surface area contributed by atoms with E-state index >= 15 is 0 Å². The Hall–Kier alpha value is -1.06. The lowest BCUT2D eigenvalue weighted by Gasteiger charge is -2.30. The molecule has 0 spiro atoms. The summed E-state index contributed by atoms with van der Waals surface area (Å²) in [6, 6.07) is 0. The standard InChI is InChI=1S/C10H18O4/c1-4-10(5-2,6-3)14-9(13)7-8(11)12/h4-7H2,1-3H3,(H,11,12). The third-order valence-electron chi connectivity index (χ3n) is 2.56. The number of carboxylic acid groups (broad SMARTS) is 1. The van der Waals surface area contributed by atoms with E-state index in [0.717, 1.165) is 0 Å². The SMILES string of the molecule is CCC(CC)(CC)OC(=O)CC(=O)O. The van der Waals surface area contributed by atoms with Crippen molar-refractivity contribution in [2.75, 3.05) is 0 Å². The summed E-state index contributed by atoms with van der Waals surface area (Å²) in [6.45, 7) is 5.79. The first-order valence-corrected chi connectivity index (χ1v) is 4.93. The number of rotatable bonds is 6. The number of carbonyl (C=O) groups excluding carboxylic acids is 1. The molecule has 0 bridgehead atoms. The van der Waals surface area contributed by atoms with Crippen molar-refractivity contribution in [2.45, 2.75) is 52.1 Å². The van der Waals surface area contributed by atoms with Crippen molar-refractivity contribution in [3.05, 3.63) is 0 Å². The second-order valence-corrected chi connectivity index (χ2v) is 3.29. The molecular weight excluding hydrogens is 184 g/mol. The van der Waals surface area contributed by atoms with Crippen molar-refractivity contribution in [1.82, 2.24) is 0 Å². The predicted molar refractivity (Wildman–Crippen MR) is 51.9 cm³/mol. The molecule has 0 amide bonds. The molecular formula is C10H18O4. The Morgan fingerprint density at radius 1 is 1.14 bits per heavy atom. The van der Waals surface area contributed by atoms with Crippen molar-refractivity contribution in [2.24, 2.45) is 0 Å². The largest absolute Gasteiger partial charge is 0.481 e. The van der Waals surface area contributed by atoms with E-state index in [1.165, 1.54) is 0 Å². The van der Waals surface area contributed by atoms with Gasteiger partial charge in [-0.05, 0) is 19.3 Å². The molecule has 0 saturated heterocycles. The lowest BCUT2D eigenvalue weighted by Crippen LogP contribution is -2.33. The van der Waals surface area contributed by atoms with Gasteiger partial charge in [-0.15, -0.1) is 0 Å². The molecule has 0 radical (unpaired) electrons. The molecule has 0 atom stereocenters. The van der Waals surface area contributed by atoms with E-state index in [9.17, 15) is 9.59 Å². The third kappa shape index (κ3) is 3.77. The maximum Gasteiger partial charge on any atom is 0.317 e. The highest BCUT2D eigenvalue weighted by Gasteiger charge is 2.28. The van der Waals surface area contributed by atoms with E-state index in [0.29, 0.717) is 19.3 Å². The smallest absolute Gasteiger partial charge is 0.317 e. The summed E-state index contributed by atoms with van der Waals surface area (Å²) >= 11 is 0. The van der Waals surface area contributed by atoms with Gasteiger partial charge in [0, 0.05) is 0 Å². The van der Waals surface area contributed by atoms with E-state index < -0.39 is 24.0 Å². The number of carboxylic acids is 1. The van der Waals surface area contributed by atoms with Crippen molar-refractivity contribution in [3.8, 4) is 0 Å². The summed E-state index contributed by atoms with van der Waals surface area (Å²) in [4.78, 5) is 21.4. The lowest BCUT2D eigenvalue weighted by atomic mass is 9.94. The Morgan fingerprint density at radius 2 is 1.57 bits per heavy atom. The average Bonchev–Trinajstić information content (AvgIpc) is 2.13. The Kier molecular flexibility index (Phi) is 5.20. The quantitative estimate of drug-likeness (QED) is 0.528. The van der Waals surface area contributed by atoms with E-state index in [1.54, 1.807) is 0 Å². The summed E-state index contributed by atoms with van der Waals surface area (Å²) in [6.07, 6.45) is 1.59. The van der Waals surface area contributed by atoms with Gasteiger partial charge in [0.15, 0.2) is 0 Å². The molecule has 0 aromatic rings. The molecule has 0 aliphatic rings. The van der Waals surface area contributed by atoms with E-state index in [2.05, 4.69) is 0 Å². The fourth-order valence-electron chi connectivity index (χ4n) is 1.37. The zero-order chi connectivity index (χ0) is 11.2. The number of carbonyl (C=O) groups is 2. The monoisotopic (exact) mass is 202 g/mol. The highest BCUT2D eigenvalue weighted by molar-refractivity contribution is 5.90. The molecule has 0 aliphatic heterocycles. The van der Waals surface area contributed by atoms with Crippen LogP contribution in [0.3, 0.4) is 0 Å². The van der Waals surface area contributed by atoms with Crippen LogP contribution in [0.25, 0.3) is 0 Å². The van der Waals surface area contributed by atoms with Crippen molar-refractivity contribution in [3.63, 3.8) is 0 Å². The van der Waals surface area contributed by atoms with Crippen LogP contribution in [-0.4, -0.2) is 22.6 Å². The van der Waals surface area contributed by atoms with Crippen LogP contribution in [0.2, 0.25) is 0 Å². The average molecular weight is 202 g/mol. The summed E-state index contributed by atoms with van der Waals surface area (Å²) in [5.41, 5.74) is -0.480. The van der Waals surface area contributed by atoms with Crippen molar-refractivity contribution >= 4 is 11.9 Å². The maximum absolute atomic E-state index is 11.1. The van der Waals surface area contributed by atoms with Crippen LogP contribution in [0.1, 0.15) is 46.5 Å². The van der Waals surface area contributed by atoms with Crippen LogP contribution in [0, 0.1) is 0 Å². The summed E-state index contributed by atoms with van der Waals surface area (Å²) in [7, 11) is 0.